The molecule has 2 aromatic rings. The number of carbonyl (C=O) groups is 1. The van der Waals surface area contributed by atoms with Gasteiger partial charge in [0, 0.05) is 11.6 Å². The van der Waals surface area contributed by atoms with Crippen LogP contribution in [-0.4, -0.2) is 62.7 Å². The van der Waals surface area contributed by atoms with Crippen molar-refractivity contribution in [3.8, 4) is 46.0 Å². The first-order valence-corrected chi connectivity index (χ1v) is 9.42. The van der Waals surface area contributed by atoms with E-state index in [1.807, 2.05) is 0 Å². The minimum atomic E-state index is -0.393. The lowest BCUT2D eigenvalue weighted by molar-refractivity contribution is 0.104. The Kier molecular flexibility index (Phi) is 8.46. The van der Waals surface area contributed by atoms with Gasteiger partial charge in [-0.3, -0.25) is 4.79 Å². The maximum absolute atomic E-state index is 13.2. The van der Waals surface area contributed by atoms with Crippen molar-refractivity contribution in [3.05, 3.63) is 29.3 Å². The molecule has 0 N–H and O–H groups in total. The van der Waals surface area contributed by atoms with Gasteiger partial charge in [-0.1, -0.05) is 0 Å². The summed E-state index contributed by atoms with van der Waals surface area (Å²) in [5.41, 5.74) is 0.712. The molecule has 0 aromatic heterocycles. The average molecular weight is 448 g/mol. The van der Waals surface area contributed by atoms with Crippen molar-refractivity contribution in [3.63, 3.8) is 0 Å². The van der Waals surface area contributed by atoms with Crippen LogP contribution in [0, 0.1) is 0 Å². The summed E-state index contributed by atoms with van der Waals surface area (Å²) in [6.45, 7) is 0. The van der Waals surface area contributed by atoms with E-state index >= 15 is 0 Å². The van der Waals surface area contributed by atoms with Gasteiger partial charge in [0.05, 0.1) is 56.9 Å². The first-order chi connectivity index (χ1) is 15.4. The smallest absolute Gasteiger partial charge is 0.207 e. The molecule has 0 aliphatic rings. The molecule has 9 heteroatoms. The summed E-state index contributed by atoms with van der Waals surface area (Å²) in [6.07, 6.45) is 2.93. The lowest BCUT2D eigenvalue weighted by atomic mass is 10.0. The number of benzene rings is 2. The monoisotopic (exact) mass is 448 g/mol. The number of rotatable bonds is 11. The van der Waals surface area contributed by atoms with Crippen LogP contribution in [0.1, 0.15) is 15.9 Å². The summed E-state index contributed by atoms with van der Waals surface area (Å²) < 4.78 is 43.3. The van der Waals surface area contributed by atoms with Crippen LogP contribution < -0.4 is 37.9 Å². The topological polar surface area (TPSA) is 90.9 Å². The zero-order valence-corrected chi connectivity index (χ0v) is 19.5. The molecule has 0 bridgehead atoms. The zero-order valence-electron chi connectivity index (χ0n) is 19.5. The first-order valence-electron chi connectivity index (χ1n) is 9.42. The number of ether oxygens (including phenoxy) is 8. The van der Waals surface area contributed by atoms with Crippen molar-refractivity contribution in [2.75, 3.05) is 56.9 Å². The molecule has 0 atom stereocenters. The molecular formula is C23H28O9. The molecule has 0 saturated carbocycles. The minimum Gasteiger partial charge on any atom is -0.496 e. The normalized spacial score (nSPS) is 10.5. The fourth-order valence-corrected chi connectivity index (χ4v) is 3.26. The van der Waals surface area contributed by atoms with E-state index in [4.69, 9.17) is 37.9 Å². The fourth-order valence-electron chi connectivity index (χ4n) is 3.26. The van der Waals surface area contributed by atoms with E-state index in [0.29, 0.717) is 34.3 Å². The number of carbonyl (C=O) groups excluding carboxylic acids is 1. The molecule has 174 valence electrons. The molecule has 0 aliphatic carbocycles. The minimum absolute atomic E-state index is 0.176. The lowest BCUT2D eigenvalue weighted by Gasteiger charge is -2.18. The molecule has 0 unspecified atom stereocenters. The van der Waals surface area contributed by atoms with E-state index in [9.17, 15) is 4.79 Å². The third-order valence-electron chi connectivity index (χ3n) is 4.69. The van der Waals surface area contributed by atoms with Crippen molar-refractivity contribution in [2.45, 2.75) is 0 Å². The molecule has 0 heterocycles. The number of hydrogen-bond donors (Lipinski definition) is 0. The zero-order chi connectivity index (χ0) is 23.8. The van der Waals surface area contributed by atoms with Gasteiger partial charge >= 0.3 is 0 Å². The number of hydrogen-bond acceptors (Lipinski definition) is 9. The van der Waals surface area contributed by atoms with Crippen LogP contribution in [0.5, 0.6) is 46.0 Å². The van der Waals surface area contributed by atoms with Gasteiger partial charge in [0.1, 0.15) is 11.3 Å². The molecule has 0 saturated heterocycles. The second kappa shape index (κ2) is 11.0. The highest BCUT2D eigenvalue weighted by molar-refractivity contribution is 6.11. The van der Waals surface area contributed by atoms with Gasteiger partial charge in [0.15, 0.2) is 28.8 Å². The van der Waals surface area contributed by atoms with Crippen LogP contribution >= 0.6 is 0 Å². The van der Waals surface area contributed by atoms with E-state index in [1.165, 1.54) is 63.0 Å². The van der Waals surface area contributed by atoms with E-state index in [2.05, 4.69) is 0 Å². The van der Waals surface area contributed by atoms with Crippen molar-refractivity contribution in [1.29, 1.82) is 0 Å². The lowest BCUT2D eigenvalue weighted by Crippen LogP contribution is -2.06. The Labute approximate surface area is 187 Å². The van der Waals surface area contributed by atoms with Crippen molar-refractivity contribution < 1.29 is 42.7 Å². The Morgan fingerprint density at radius 2 is 1.03 bits per heavy atom. The van der Waals surface area contributed by atoms with Crippen LogP contribution in [0.25, 0.3) is 6.08 Å². The Hall–Kier alpha value is -3.75. The van der Waals surface area contributed by atoms with Crippen molar-refractivity contribution in [1.82, 2.24) is 0 Å². The highest BCUT2D eigenvalue weighted by Crippen LogP contribution is 2.48. The number of ketones is 1. The predicted molar refractivity (Wildman–Crippen MR) is 119 cm³/mol. The Balaban J connectivity index is 2.64. The van der Waals surface area contributed by atoms with Gasteiger partial charge in [-0.25, -0.2) is 0 Å². The molecule has 32 heavy (non-hydrogen) atoms. The predicted octanol–water partition coefficient (Wildman–Crippen LogP) is 3.65. The summed E-state index contributed by atoms with van der Waals surface area (Å²) in [7, 11) is 11.8. The Bertz CT molecular complexity index is 996. The van der Waals surface area contributed by atoms with E-state index in [-0.39, 0.29) is 22.8 Å². The van der Waals surface area contributed by atoms with Crippen LogP contribution in [0.15, 0.2) is 18.2 Å². The van der Waals surface area contributed by atoms with Crippen LogP contribution in [0.2, 0.25) is 0 Å². The summed E-state index contributed by atoms with van der Waals surface area (Å²) >= 11 is 0. The maximum atomic E-state index is 13.2. The second-order valence-electron chi connectivity index (χ2n) is 6.19. The second-order valence-corrected chi connectivity index (χ2v) is 6.19. The quantitative estimate of drug-likeness (QED) is 0.377. The third kappa shape index (κ3) is 4.46. The molecular weight excluding hydrogens is 420 g/mol. The number of methoxy groups -OCH3 is 8. The maximum Gasteiger partial charge on any atom is 0.207 e. The van der Waals surface area contributed by atoms with Gasteiger partial charge in [0.2, 0.25) is 17.2 Å². The summed E-state index contributed by atoms with van der Waals surface area (Å²) in [6, 6.07) is 3.23. The fraction of sp³-hybridized carbons (Fsp3) is 0.348. The van der Waals surface area contributed by atoms with Gasteiger partial charge in [-0.05, 0) is 18.2 Å². The summed E-state index contributed by atoms with van der Waals surface area (Å²) in [5, 5.41) is 0. The van der Waals surface area contributed by atoms with Crippen molar-refractivity contribution >= 4 is 11.9 Å². The average Bonchev–Trinajstić information content (AvgIpc) is 2.84. The van der Waals surface area contributed by atoms with Gasteiger partial charge in [-0.2, -0.15) is 0 Å². The van der Waals surface area contributed by atoms with Gasteiger partial charge in [-0.15, -0.1) is 0 Å². The molecule has 0 amide bonds. The molecule has 9 nitrogen and oxygen atoms in total. The highest BCUT2D eigenvalue weighted by Gasteiger charge is 2.26. The largest absolute Gasteiger partial charge is 0.496 e. The summed E-state index contributed by atoms with van der Waals surface area (Å²) in [5.74, 6) is 2.21. The van der Waals surface area contributed by atoms with Crippen molar-refractivity contribution in [2.24, 2.45) is 0 Å². The molecule has 0 fully saturated rings. The summed E-state index contributed by atoms with van der Waals surface area (Å²) in [4.78, 5) is 13.2. The van der Waals surface area contributed by atoms with E-state index < -0.39 is 5.78 Å². The molecule has 2 aromatic carbocycles. The number of allylic oxidation sites excluding steroid dienone is 1. The molecule has 2 rings (SSSR count). The SMILES string of the molecule is COc1cc(/C=C/C(=O)c2c(OC)cc(OC)c(OC)c2OC)c(OC)c(OC)c1OC. The van der Waals surface area contributed by atoms with Crippen LogP contribution in [0.3, 0.4) is 0 Å². The van der Waals surface area contributed by atoms with Crippen LogP contribution in [-0.2, 0) is 0 Å². The standard InChI is InChI=1S/C23H28O9/c1-25-15-12-17(27-3)20(29-5)22(31-7)18(15)14(24)10-9-13-11-16(26-2)21(30-6)23(32-8)19(13)28-4/h9-12H,1-8H3/b10-9+. The Morgan fingerprint density at radius 1 is 0.562 bits per heavy atom. The van der Waals surface area contributed by atoms with Gasteiger partial charge in [0.25, 0.3) is 0 Å². The van der Waals surface area contributed by atoms with Gasteiger partial charge < -0.3 is 37.9 Å². The molecule has 0 spiro atoms. The van der Waals surface area contributed by atoms with E-state index in [0.717, 1.165) is 0 Å². The highest BCUT2D eigenvalue weighted by atomic mass is 16.5. The molecule has 0 aliphatic heterocycles. The van der Waals surface area contributed by atoms with E-state index in [1.54, 1.807) is 18.2 Å². The molecule has 0 radical (unpaired) electrons. The first kappa shape index (κ1) is 24.5. The Morgan fingerprint density at radius 3 is 1.50 bits per heavy atom. The third-order valence-corrected chi connectivity index (χ3v) is 4.69. The van der Waals surface area contributed by atoms with Crippen LogP contribution in [0.4, 0.5) is 0 Å².